The zero-order valence-electron chi connectivity index (χ0n) is 8.69. The van der Waals surface area contributed by atoms with E-state index in [1.807, 2.05) is 31.2 Å². The highest BCUT2D eigenvalue weighted by Gasteiger charge is 2.16. The van der Waals surface area contributed by atoms with Gasteiger partial charge < -0.3 is 10.8 Å². The minimum Gasteiger partial charge on any atom is -0.396 e. The van der Waals surface area contributed by atoms with E-state index in [0.29, 0.717) is 5.75 Å². The largest absolute Gasteiger partial charge is 0.396 e. The van der Waals surface area contributed by atoms with Gasteiger partial charge in [0.25, 0.3) is 0 Å². The van der Waals surface area contributed by atoms with E-state index < -0.39 is 0 Å². The number of aliphatic hydroxyl groups is 1. The number of hydrogen-bond donors (Lipinski definition) is 2. The summed E-state index contributed by atoms with van der Waals surface area (Å²) in [5.41, 5.74) is 7.07. The van der Waals surface area contributed by atoms with E-state index in [1.54, 1.807) is 11.8 Å². The fourth-order valence-electron chi connectivity index (χ4n) is 1.38. The minimum absolute atomic E-state index is 0.0581. The molecular weight excluding hydrogens is 230 g/mol. The lowest BCUT2D eigenvalue weighted by Gasteiger charge is -2.20. The second kappa shape index (κ2) is 6.38. The topological polar surface area (TPSA) is 46.2 Å². The Hall–Kier alpha value is -0.220. The molecule has 0 saturated carbocycles. The van der Waals surface area contributed by atoms with Crippen LogP contribution >= 0.6 is 23.4 Å². The molecule has 2 unspecified atom stereocenters. The molecule has 0 aromatic heterocycles. The Labute approximate surface area is 99.8 Å². The highest BCUT2D eigenvalue weighted by Crippen LogP contribution is 2.31. The summed E-state index contributed by atoms with van der Waals surface area (Å²) in [5, 5.41) is 9.75. The van der Waals surface area contributed by atoms with Crippen LogP contribution in [0.15, 0.2) is 24.3 Å². The van der Waals surface area contributed by atoms with Crippen molar-refractivity contribution in [3.63, 3.8) is 0 Å². The molecule has 0 aliphatic rings. The Morgan fingerprint density at radius 1 is 1.40 bits per heavy atom. The van der Waals surface area contributed by atoms with Gasteiger partial charge in [-0.1, -0.05) is 23.7 Å². The average molecular weight is 246 g/mol. The van der Waals surface area contributed by atoms with Crippen LogP contribution < -0.4 is 5.73 Å². The van der Waals surface area contributed by atoms with Crippen molar-refractivity contribution in [2.24, 2.45) is 5.73 Å². The Kier molecular flexibility index (Phi) is 5.47. The highest BCUT2D eigenvalue weighted by atomic mass is 35.5. The number of aliphatic hydroxyl groups excluding tert-OH is 1. The van der Waals surface area contributed by atoms with Gasteiger partial charge in [0.2, 0.25) is 0 Å². The molecule has 0 aliphatic carbocycles. The molecule has 1 rings (SSSR count). The standard InChI is InChI=1S/C11H16ClNOS/c1-8(13)11(15-7-6-14)9-2-4-10(12)5-3-9/h2-5,8,11,14H,6-7,13H2,1H3. The number of hydrogen-bond acceptors (Lipinski definition) is 3. The predicted octanol–water partition coefficient (Wildman–Crippen LogP) is 2.45. The third-order valence-electron chi connectivity index (χ3n) is 2.06. The van der Waals surface area contributed by atoms with E-state index in [2.05, 4.69) is 0 Å². The normalized spacial score (nSPS) is 14.9. The van der Waals surface area contributed by atoms with Crippen LogP contribution in [0.25, 0.3) is 0 Å². The van der Waals surface area contributed by atoms with Gasteiger partial charge in [0, 0.05) is 22.1 Å². The minimum atomic E-state index is 0.0581. The second-order valence-corrected chi connectivity index (χ2v) is 5.11. The third-order valence-corrected chi connectivity index (χ3v) is 3.80. The van der Waals surface area contributed by atoms with Crippen molar-refractivity contribution in [2.45, 2.75) is 18.2 Å². The number of nitrogens with two attached hydrogens (primary N) is 1. The highest BCUT2D eigenvalue weighted by molar-refractivity contribution is 7.99. The summed E-state index contributed by atoms with van der Waals surface area (Å²) in [6.07, 6.45) is 0. The Morgan fingerprint density at radius 2 is 2.00 bits per heavy atom. The molecular formula is C11H16ClNOS. The summed E-state index contributed by atoms with van der Waals surface area (Å²) in [4.78, 5) is 0. The van der Waals surface area contributed by atoms with Crippen molar-refractivity contribution in [3.8, 4) is 0 Å². The quantitative estimate of drug-likeness (QED) is 0.838. The zero-order chi connectivity index (χ0) is 11.3. The molecule has 3 N–H and O–H groups in total. The maximum absolute atomic E-state index is 8.81. The lowest BCUT2D eigenvalue weighted by Crippen LogP contribution is -2.23. The predicted molar refractivity (Wildman–Crippen MR) is 67.4 cm³/mol. The Morgan fingerprint density at radius 3 is 2.47 bits per heavy atom. The van der Waals surface area contributed by atoms with Gasteiger partial charge in [-0.15, -0.1) is 11.8 Å². The molecule has 0 heterocycles. The maximum Gasteiger partial charge on any atom is 0.0521 e. The van der Waals surface area contributed by atoms with E-state index in [9.17, 15) is 0 Å². The molecule has 0 bridgehead atoms. The smallest absolute Gasteiger partial charge is 0.0521 e. The van der Waals surface area contributed by atoms with E-state index in [1.165, 1.54) is 0 Å². The van der Waals surface area contributed by atoms with Gasteiger partial charge in [-0.2, -0.15) is 0 Å². The van der Waals surface area contributed by atoms with Gasteiger partial charge >= 0.3 is 0 Å². The van der Waals surface area contributed by atoms with Gasteiger partial charge in [0.1, 0.15) is 0 Å². The van der Waals surface area contributed by atoms with Crippen LogP contribution in [0.3, 0.4) is 0 Å². The van der Waals surface area contributed by atoms with Crippen molar-refractivity contribution in [3.05, 3.63) is 34.9 Å². The first-order valence-corrected chi connectivity index (χ1v) is 6.31. The lowest BCUT2D eigenvalue weighted by molar-refractivity contribution is 0.322. The number of benzene rings is 1. The summed E-state index contributed by atoms with van der Waals surface area (Å²) in [5.74, 6) is 0.703. The zero-order valence-corrected chi connectivity index (χ0v) is 10.3. The molecule has 2 atom stereocenters. The summed E-state index contributed by atoms with van der Waals surface area (Å²) in [7, 11) is 0. The molecule has 0 fully saturated rings. The monoisotopic (exact) mass is 245 g/mol. The van der Waals surface area contributed by atoms with Crippen LogP contribution in [0.2, 0.25) is 5.02 Å². The molecule has 0 amide bonds. The van der Waals surface area contributed by atoms with Gasteiger partial charge in [-0.3, -0.25) is 0 Å². The fraction of sp³-hybridized carbons (Fsp3) is 0.455. The van der Waals surface area contributed by atoms with Crippen LogP contribution in [0.5, 0.6) is 0 Å². The average Bonchev–Trinajstić information content (AvgIpc) is 2.21. The molecule has 0 radical (unpaired) electrons. The first kappa shape index (κ1) is 12.8. The molecule has 84 valence electrons. The molecule has 4 heteroatoms. The van der Waals surface area contributed by atoms with Crippen LogP contribution in [0, 0.1) is 0 Å². The van der Waals surface area contributed by atoms with Gasteiger partial charge in [-0.05, 0) is 24.6 Å². The van der Waals surface area contributed by atoms with Crippen molar-refractivity contribution >= 4 is 23.4 Å². The van der Waals surface area contributed by atoms with E-state index in [0.717, 1.165) is 10.6 Å². The van der Waals surface area contributed by atoms with Crippen LogP contribution in [-0.4, -0.2) is 23.5 Å². The lowest BCUT2D eigenvalue weighted by atomic mass is 10.1. The van der Waals surface area contributed by atoms with Crippen LogP contribution in [0.4, 0.5) is 0 Å². The van der Waals surface area contributed by atoms with E-state index >= 15 is 0 Å². The fourth-order valence-corrected chi connectivity index (χ4v) is 2.52. The molecule has 1 aromatic carbocycles. The van der Waals surface area contributed by atoms with Crippen molar-refractivity contribution in [1.82, 2.24) is 0 Å². The van der Waals surface area contributed by atoms with Gasteiger partial charge in [0.15, 0.2) is 0 Å². The molecule has 2 nitrogen and oxygen atoms in total. The summed E-state index contributed by atoms with van der Waals surface area (Å²) >= 11 is 7.49. The second-order valence-electron chi connectivity index (χ2n) is 3.43. The van der Waals surface area contributed by atoms with E-state index in [-0.39, 0.29) is 17.9 Å². The van der Waals surface area contributed by atoms with Crippen molar-refractivity contribution < 1.29 is 5.11 Å². The first-order valence-electron chi connectivity index (χ1n) is 4.88. The third kappa shape index (κ3) is 4.03. The summed E-state index contributed by atoms with van der Waals surface area (Å²) in [6.45, 7) is 2.16. The Balaban J connectivity index is 2.74. The molecule has 1 aromatic rings. The number of thioether (sulfide) groups is 1. The van der Waals surface area contributed by atoms with Crippen LogP contribution in [0.1, 0.15) is 17.7 Å². The summed E-state index contributed by atoms with van der Waals surface area (Å²) < 4.78 is 0. The Bertz CT molecular complexity index is 289. The molecule has 0 aliphatic heterocycles. The first-order chi connectivity index (χ1) is 7.15. The van der Waals surface area contributed by atoms with Gasteiger partial charge in [-0.25, -0.2) is 0 Å². The molecule has 0 spiro atoms. The van der Waals surface area contributed by atoms with E-state index in [4.69, 9.17) is 22.4 Å². The molecule has 15 heavy (non-hydrogen) atoms. The van der Waals surface area contributed by atoms with Crippen molar-refractivity contribution in [1.29, 1.82) is 0 Å². The SMILES string of the molecule is CC(N)C(SCCO)c1ccc(Cl)cc1. The number of rotatable bonds is 5. The van der Waals surface area contributed by atoms with Gasteiger partial charge in [0.05, 0.1) is 6.61 Å². The summed E-state index contributed by atoms with van der Waals surface area (Å²) in [6, 6.07) is 7.77. The van der Waals surface area contributed by atoms with Crippen molar-refractivity contribution in [2.75, 3.05) is 12.4 Å². The van der Waals surface area contributed by atoms with Crippen LogP contribution in [-0.2, 0) is 0 Å². The molecule has 0 saturated heterocycles. The number of halogens is 1. The maximum atomic E-state index is 8.81.